The maximum absolute atomic E-state index is 10.4. The first kappa shape index (κ1) is 11.6. The Bertz CT molecular complexity index is 175. The van der Waals surface area contributed by atoms with E-state index in [9.17, 15) is 8.42 Å². The molecule has 3 nitrogen and oxygen atoms in total. The Morgan fingerprint density at radius 2 is 2.00 bits per heavy atom. The van der Waals surface area contributed by atoms with Gasteiger partial charge in [0.25, 0.3) is 10.1 Å². The van der Waals surface area contributed by atoms with Crippen LogP contribution in [0, 0.1) is 0 Å². The zero-order valence-corrected chi connectivity index (χ0v) is 9.02. The van der Waals surface area contributed by atoms with Gasteiger partial charge < -0.3 is 0 Å². The topological polar surface area (TPSA) is 43.4 Å². The monoisotopic (exact) mass is 216 g/mol. The molecule has 0 unspecified atom stereocenters. The van der Waals surface area contributed by atoms with Crippen molar-refractivity contribution in [1.29, 1.82) is 0 Å². The van der Waals surface area contributed by atoms with Crippen molar-refractivity contribution in [3.05, 3.63) is 0 Å². The standard InChI is InChI=1S/C5H12O3S3/c1-3-9-10-5-4-8-11(2,6)7/h3-5H2,1-2H3. The predicted molar refractivity (Wildman–Crippen MR) is 51.4 cm³/mol. The second kappa shape index (κ2) is 6.16. The van der Waals surface area contributed by atoms with Gasteiger partial charge in [0, 0.05) is 11.5 Å². The summed E-state index contributed by atoms with van der Waals surface area (Å²) in [5.41, 5.74) is 0. The van der Waals surface area contributed by atoms with Crippen molar-refractivity contribution in [3.8, 4) is 0 Å². The number of rotatable bonds is 6. The highest BCUT2D eigenvalue weighted by atomic mass is 33.1. The van der Waals surface area contributed by atoms with Crippen LogP contribution in [-0.4, -0.2) is 32.8 Å². The largest absolute Gasteiger partial charge is 0.269 e. The van der Waals surface area contributed by atoms with Crippen molar-refractivity contribution in [3.63, 3.8) is 0 Å². The molecule has 6 heteroatoms. The molecule has 0 aliphatic rings. The second-order valence-electron chi connectivity index (χ2n) is 1.75. The Hall–Kier alpha value is 0.610. The van der Waals surface area contributed by atoms with Gasteiger partial charge in [0.15, 0.2) is 0 Å². The molecular formula is C5H12O3S3. The minimum atomic E-state index is -3.23. The van der Waals surface area contributed by atoms with Gasteiger partial charge >= 0.3 is 0 Å². The molecule has 0 heterocycles. The Labute approximate surface area is 75.8 Å². The van der Waals surface area contributed by atoms with Gasteiger partial charge in [-0.25, -0.2) is 0 Å². The van der Waals surface area contributed by atoms with E-state index in [1.54, 1.807) is 21.6 Å². The van der Waals surface area contributed by atoms with Crippen LogP contribution in [0.4, 0.5) is 0 Å². The first-order valence-corrected chi connectivity index (χ1v) is 7.45. The molecule has 0 N–H and O–H groups in total. The van der Waals surface area contributed by atoms with Gasteiger partial charge in [-0.1, -0.05) is 28.5 Å². The lowest BCUT2D eigenvalue weighted by Gasteiger charge is -1.98. The third kappa shape index (κ3) is 10.6. The molecule has 0 saturated heterocycles. The van der Waals surface area contributed by atoms with Gasteiger partial charge in [0.1, 0.15) is 0 Å². The molecule has 0 aliphatic carbocycles. The summed E-state index contributed by atoms with van der Waals surface area (Å²) < 4.78 is 25.4. The fraction of sp³-hybridized carbons (Fsp3) is 1.00. The lowest BCUT2D eigenvalue weighted by atomic mass is 10.9. The molecular weight excluding hydrogens is 204 g/mol. The van der Waals surface area contributed by atoms with Crippen molar-refractivity contribution < 1.29 is 12.6 Å². The second-order valence-corrected chi connectivity index (χ2v) is 6.27. The van der Waals surface area contributed by atoms with Crippen LogP contribution in [0.5, 0.6) is 0 Å². The third-order valence-corrected chi connectivity index (χ3v) is 3.70. The zero-order valence-electron chi connectivity index (χ0n) is 6.57. The summed E-state index contributed by atoms with van der Waals surface area (Å²) in [5.74, 6) is 1.75. The van der Waals surface area contributed by atoms with Crippen LogP contribution in [0.2, 0.25) is 0 Å². The fourth-order valence-electron chi connectivity index (χ4n) is 0.362. The summed E-state index contributed by atoms with van der Waals surface area (Å²) in [4.78, 5) is 0. The van der Waals surface area contributed by atoms with Gasteiger partial charge in [0.05, 0.1) is 12.9 Å². The molecule has 0 aromatic rings. The van der Waals surface area contributed by atoms with Crippen LogP contribution >= 0.6 is 21.6 Å². The van der Waals surface area contributed by atoms with E-state index >= 15 is 0 Å². The third-order valence-electron chi connectivity index (χ3n) is 0.665. The first-order valence-electron chi connectivity index (χ1n) is 3.15. The molecule has 0 atom stereocenters. The molecule has 0 bridgehead atoms. The molecule has 0 spiro atoms. The highest BCUT2D eigenvalue weighted by Gasteiger charge is 1.99. The van der Waals surface area contributed by atoms with E-state index in [-0.39, 0.29) is 6.61 Å². The summed E-state index contributed by atoms with van der Waals surface area (Å²) in [6.07, 6.45) is 1.06. The van der Waals surface area contributed by atoms with Crippen LogP contribution in [0.15, 0.2) is 0 Å². The molecule has 11 heavy (non-hydrogen) atoms. The Kier molecular flexibility index (Phi) is 6.50. The predicted octanol–water partition coefficient (Wildman–Crippen LogP) is 1.36. The quantitative estimate of drug-likeness (QED) is 0.381. The van der Waals surface area contributed by atoms with E-state index < -0.39 is 10.1 Å². The van der Waals surface area contributed by atoms with Crippen molar-refractivity contribution >= 4 is 31.7 Å². The van der Waals surface area contributed by atoms with Crippen LogP contribution in [0.3, 0.4) is 0 Å². The van der Waals surface area contributed by atoms with Crippen LogP contribution in [0.25, 0.3) is 0 Å². The molecule has 0 rings (SSSR count). The Morgan fingerprint density at radius 1 is 1.36 bits per heavy atom. The lowest BCUT2D eigenvalue weighted by molar-refractivity contribution is 0.345. The number of hydrogen-bond acceptors (Lipinski definition) is 5. The minimum absolute atomic E-state index is 0.274. The molecule has 68 valence electrons. The summed E-state index contributed by atoms with van der Waals surface area (Å²) >= 11 is 0. The van der Waals surface area contributed by atoms with E-state index in [0.29, 0.717) is 5.75 Å². The molecule has 0 aromatic heterocycles. The SMILES string of the molecule is CCSSCCOS(C)(=O)=O. The van der Waals surface area contributed by atoms with E-state index in [4.69, 9.17) is 0 Å². The van der Waals surface area contributed by atoms with E-state index in [1.807, 2.05) is 0 Å². The first-order chi connectivity index (χ1) is 5.06. The summed E-state index contributed by atoms with van der Waals surface area (Å²) in [5, 5.41) is 0. The van der Waals surface area contributed by atoms with Gasteiger partial charge in [-0.05, 0) is 0 Å². The normalized spacial score (nSPS) is 11.8. The van der Waals surface area contributed by atoms with Crippen LogP contribution in [-0.2, 0) is 14.3 Å². The molecule has 0 aliphatic heterocycles. The summed E-state index contributed by atoms with van der Waals surface area (Å²) in [6, 6.07) is 0. The van der Waals surface area contributed by atoms with E-state index in [2.05, 4.69) is 11.1 Å². The Balaban J connectivity index is 3.16. The highest BCUT2D eigenvalue weighted by Crippen LogP contribution is 2.19. The highest BCUT2D eigenvalue weighted by molar-refractivity contribution is 8.76. The maximum atomic E-state index is 10.4. The van der Waals surface area contributed by atoms with Gasteiger partial charge in [0.2, 0.25) is 0 Å². The molecule has 0 amide bonds. The fourth-order valence-corrected chi connectivity index (χ4v) is 2.35. The summed E-state index contributed by atoms with van der Waals surface area (Å²) in [7, 11) is 0.0878. The van der Waals surface area contributed by atoms with E-state index in [0.717, 1.165) is 12.0 Å². The smallest absolute Gasteiger partial charge is 0.264 e. The molecule has 0 radical (unpaired) electrons. The average Bonchev–Trinajstić information content (AvgIpc) is 1.85. The molecule has 0 saturated carbocycles. The average molecular weight is 216 g/mol. The zero-order chi connectivity index (χ0) is 8.74. The molecule has 0 fully saturated rings. The number of hydrogen-bond donors (Lipinski definition) is 0. The minimum Gasteiger partial charge on any atom is -0.269 e. The Morgan fingerprint density at radius 3 is 2.45 bits per heavy atom. The van der Waals surface area contributed by atoms with Crippen molar-refractivity contribution in [2.24, 2.45) is 0 Å². The lowest BCUT2D eigenvalue weighted by Crippen LogP contribution is -2.05. The van der Waals surface area contributed by atoms with Crippen molar-refractivity contribution in [2.45, 2.75) is 6.92 Å². The van der Waals surface area contributed by atoms with Crippen LogP contribution < -0.4 is 0 Å². The van der Waals surface area contributed by atoms with Gasteiger partial charge in [-0.2, -0.15) is 8.42 Å². The van der Waals surface area contributed by atoms with Gasteiger partial charge in [-0.3, -0.25) is 4.18 Å². The van der Waals surface area contributed by atoms with Crippen LogP contribution in [0.1, 0.15) is 6.92 Å². The van der Waals surface area contributed by atoms with Crippen molar-refractivity contribution in [1.82, 2.24) is 0 Å². The maximum Gasteiger partial charge on any atom is 0.264 e. The van der Waals surface area contributed by atoms with Crippen molar-refractivity contribution in [2.75, 3.05) is 24.4 Å². The van der Waals surface area contributed by atoms with E-state index in [1.165, 1.54) is 0 Å². The summed E-state index contributed by atoms with van der Waals surface area (Å²) in [6.45, 7) is 2.32. The molecule has 0 aromatic carbocycles. The van der Waals surface area contributed by atoms with Gasteiger partial charge in [-0.15, -0.1) is 0 Å².